The zero-order valence-corrected chi connectivity index (χ0v) is 13.6. The highest BCUT2D eigenvalue weighted by atomic mass is 19.1. The average Bonchev–Trinajstić information content (AvgIpc) is 2.83. The molecular formula is C19H19FN2O2. The van der Waals surface area contributed by atoms with E-state index in [1.54, 1.807) is 31.0 Å². The number of hydrogen-bond acceptors (Lipinski definition) is 2. The monoisotopic (exact) mass is 326 g/mol. The van der Waals surface area contributed by atoms with Gasteiger partial charge in [-0.15, -0.1) is 0 Å². The normalized spacial score (nSPS) is 23.4. The number of likely N-dealkylation sites (tertiary alicyclic amines) is 1. The number of carbonyl (C=O) groups excluding carboxylic acids is 2. The number of hydrogen-bond donors (Lipinski definition) is 1. The lowest BCUT2D eigenvalue weighted by atomic mass is 9.74. The molecule has 0 bridgehead atoms. The molecule has 2 atom stereocenters. The maximum atomic E-state index is 13.8. The topological polar surface area (TPSA) is 49.4 Å². The van der Waals surface area contributed by atoms with Gasteiger partial charge in [0.15, 0.2) is 0 Å². The first kappa shape index (κ1) is 16.2. The smallest absolute Gasteiger partial charge is 0.240 e. The van der Waals surface area contributed by atoms with Gasteiger partial charge in [-0.05, 0) is 24.6 Å². The summed E-state index contributed by atoms with van der Waals surface area (Å²) in [7, 11) is 1.68. The van der Waals surface area contributed by atoms with Gasteiger partial charge >= 0.3 is 0 Å². The predicted molar refractivity (Wildman–Crippen MR) is 90.0 cm³/mol. The van der Waals surface area contributed by atoms with Crippen molar-refractivity contribution in [3.63, 3.8) is 0 Å². The van der Waals surface area contributed by atoms with E-state index in [2.05, 4.69) is 5.32 Å². The summed E-state index contributed by atoms with van der Waals surface area (Å²) in [5.41, 5.74) is -0.280. The summed E-state index contributed by atoms with van der Waals surface area (Å²) in [5, 5.41) is 2.58. The lowest BCUT2D eigenvalue weighted by Crippen LogP contribution is -2.43. The fraction of sp³-hybridized carbons (Fsp3) is 0.263. The molecule has 1 aliphatic rings. The lowest BCUT2D eigenvalue weighted by Gasteiger charge is -2.27. The minimum atomic E-state index is -1.28. The number of likely N-dealkylation sites (N-methyl/N-ethyl adjacent to an activating group) is 1. The number of nitrogens with one attached hydrogen (secondary N) is 1. The maximum absolute atomic E-state index is 13.8. The minimum Gasteiger partial charge on any atom is -0.344 e. The van der Waals surface area contributed by atoms with Crippen LogP contribution in [0, 0.1) is 11.2 Å². The largest absolute Gasteiger partial charge is 0.344 e. The van der Waals surface area contributed by atoms with Crippen LogP contribution in [0.2, 0.25) is 0 Å². The van der Waals surface area contributed by atoms with Crippen molar-refractivity contribution in [2.75, 3.05) is 18.9 Å². The summed E-state index contributed by atoms with van der Waals surface area (Å²) >= 11 is 0. The van der Waals surface area contributed by atoms with E-state index in [1.165, 1.54) is 12.1 Å². The van der Waals surface area contributed by atoms with Crippen LogP contribution in [-0.2, 0) is 9.59 Å². The Morgan fingerprint density at radius 2 is 1.79 bits per heavy atom. The van der Waals surface area contributed by atoms with Crippen molar-refractivity contribution in [1.82, 2.24) is 4.90 Å². The van der Waals surface area contributed by atoms with Gasteiger partial charge in [0.25, 0.3) is 0 Å². The fourth-order valence-electron chi connectivity index (χ4n) is 3.28. The summed E-state index contributed by atoms with van der Waals surface area (Å²) in [6, 6.07) is 15.4. The van der Waals surface area contributed by atoms with Crippen molar-refractivity contribution in [1.29, 1.82) is 0 Å². The zero-order valence-electron chi connectivity index (χ0n) is 13.6. The van der Waals surface area contributed by atoms with Gasteiger partial charge in [-0.1, -0.05) is 42.5 Å². The van der Waals surface area contributed by atoms with E-state index < -0.39 is 17.1 Å². The van der Waals surface area contributed by atoms with E-state index in [0.717, 1.165) is 5.56 Å². The number of benzene rings is 2. The molecule has 1 fully saturated rings. The minimum absolute atomic E-state index is 0.0814. The van der Waals surface area contributed by atoms with Crippen LogP contribution in [0.15, 0.2) is 54.6 Å². The standard InChI is InChI=1S/C19H19FN2O2/c1-19(17(23)21-16-11-7-6-10-15(16)20)14(12-22(2)18(19)24)13-8-4-3-5-9-13/h3-11,14H,12H2,1-2H3,(H,21,23)/t14-,19-/m1/s1. The number of para-hydroxylation sites is 1. The summed E-state index contributed by atoms with van der Waals surface area (Å²) in [4.78, 5) is 27.2. The molecule has 3 rings (SSSR count). The third-order valence-electron chi connectivity index (χ3n) is 4.74. The summed E-state index contributed by atoms with van der Waals surface area (Å²) in [5.74, 6) is -1.56. The quantitative estimate of drug-likeness (QED) is 0.882. The molecular weight excluding hydrogens is 307 g/mol. The molecule has 1 heterocycles. The van der Waals surface area contributed by atoms with Crippen LogP contribution < -0.4 is 5.32 Å². The van der Waals surface area contributed by atoms with Crippen LogP contribution in [0.1, 0.15) is 18.4 Å². The Morgan fingerprint density at radius 1 is 1.17 bits per heavy atom. The third kappa shape index (κ3) is 2.56. The Balaban J connectivity index is 1.96. The number of halogens is 1. The molecule has 0 aromatic heterocycles. The molecule has 1 N–H and O–H groups in total. The Hall–Kier alpha value is -2.69. The van der Waals surface area contributed by atoms with Crippen LogP contribution >= 0.6 is 0 Å². The van der Waals surface area contributed by atoms with E-state index in [1.807, 2.05) is 30.3 Å². The molecule has 4 nitrogen and oxygen atoms in total. The summed E-state index contributed by atoms with van der Waals surface area (Å²) in [6.45, 7) is 2.08. The first-order valence-electron chi connectivity index (χ1n) is 7.81. The Bertz CT molecular complexity index is 778. The number of anilines is 1. The molecule has 2 amide bonds. The Morgan fingerprint density at radius 3 is 2.46 bits per heavy atom. The molecule has 1 saturated heterocycles. The molecule has 0 aliphatic carbocycles. The Labute approximate surface area is 140 Å². The van der Waals surface area contributed by atoms with E-state index >= 15 is 0 Å². The van der Waals surface area contributed by atoms with Crippen LogP contribution in [0.4, 0.5) is 10.1 Å². The van der Waals surface area contributed by atoms with Crippen LogP contribution in [-0.4, -0.2) is 30.3 Å². The number of amides is 2. The van der Waals surface area contributed by atoms with Gasteiger partial charge in [-0.3, -0.25) is 9.59 Å². The van der Waals surface area contributed by atoms with Crippen molar-refractivity contribution < 1.29 is 14.0 Å². The number of carbonyl (C=O) groups is 2. The second kappa shape index (κ2) is 6.07. The highest BCUT2D eigenvalue weighted by Gasteiger charge is 2.55. The molecule has 2 aromatic rings. The van der Waals surface area contributed by atoms with Crippen molar-refractivity contribution in [3.05, 3.63) is 66.0 Å². The van der Waals surface area contributed by atoms with Gasteiger partial charge in [0.05, 0.1) is 5.69 Å². The second-order valence-corrected chi connectivity index (χ2v) is 6.29. The van der Waals surface area contributed by atoms with E-state index in [0.29, 0.717) is 6.54 Å². The second-order valence-electron chi connectivity index (χ2n) is 6.29. The van der Waals surface area contributed by atoms with Gasteiger partial charge in [0.2, 0.25) is 11.8 Å². The molecule has 0 radical (unpaired) electrons. The van der Waals surface area contributed by atoms with Gasteiger partial charge in [0, 0.05) is 19.5 Å². The first-order chi connectivity index (χ1) is 11.4. The molecule has 124 valence electrons. The predicted octanol–water partition coefficient (Wildman–Crippen LogP) is 3.03. The lowest BCUT2D eigenvalue weighted by molar-refractivity contribution is -0.141. The molecule has 5 heteroatoms. The highest BCUT2D eigenvalue weighted by Crippen LogP contribution is 2.44. The van der Waals surface area contributed by atoms with Crippen LogP contribution in [0.3, 0.4) is 0 Å². The highest BCUT2D eigenvalue weighted by molar-refractivity contribution is 6.12. The first-order valence-corrected chi connectivity index (χ1v) is 7.81. The zero-order chi connectivity index (χ0) is 17.3. The SMILES string of the molecule is CN1C[C@H](c2ccccc2)[C@](C)(C(=O)Nc2ccccc2F)C1=O. The van der Waals surface area contributed by atoms with Gasteiger partial charge in [-0.25, -0.2) is 4.39 Å². The molecule has 2 aromatic carbocycles. The van der Waals surface area contributed by atoms with Crippen molar-refractivity contribution in [2.24, 2.45) is 5.41 Å². The third-order valence-corrected chi connectivity index (χ3v) is 4.74. The fourth-order valence-corrected chi connectivity index (χ4v) is 3.28. The molecule has 0 spiro atoms. The number of rotatable bonds is 3. The van der Waals surface area contributed by atoms with E-state index in [4.69, 9.17) is 0 Å². The van der Waals surface area contributed by atoms with E-state index in [9.17, 15) is 14.0 Å². The molecule has 0 unspecified atom stereocenters. The summed E-state index contributed by atoms with van der Waals surface area (Å²) in [6.07, 6.45) is 0. The van der Waals surface area contributed by atoms with Crippen molar-refractivity contribution in [3.8, 4) is 0 Å². The molecule has 0 saturated carbocycles. The van der Waals surface area contributed by atoms with Crippen LogP contribution in [0.25, 0.3) is 0 Å². The summed E-state index contributed by atoms with van der Waals surface area (Å²) < 4.78 is 13.8. The average molecular weight is 326 g/mol. The number of nitrogens with zero attached hydrogens (tertiary/aromatic N) is 1. The maximum Gasteiger partial charge on any atom is 0.240 e. The van der Waals surface area contributed by atoms with Crippen molar-refractivity contribution >= 4 is 17.5 Å². The van der Waals surface area contributed by atoms with Crippen LogP contribution in [0.5, 0.6) is 0 Å². The van der Waals surface area contributed by atoms with Gasteiger partial charge in [0.1, 0.15) is 11.2 Å². The molecule has 1 aliphatic heterocycles. The molecule has 24 heavy (non-hydrogen) atoms. The van der Waals surface area contributed by atoms with Gasteiger partial charge in [-0.2, -0.15) is 0 Å². The van der Waals surface area contributed by atoms with E-state index in [-0.39, 0.29) is 17.5 Å². The van der Waals surface area contributed by atoms with Crippen molar-refractivity contribution in [2.45, 2.75) is 12.8 Å². The van der Waals surface area contributed by atoms with Gasteiger partial charge < -0.3 is 10.2 Å². The Kier molecular flexibility index (Phi) is 4.09.